The molecule has 0 saturated heterocycles. The topological polar surface area (TPSA) is 95.9 Å². The summed E-state index contributed by atoms with van der Waals surface area (Å²) in [6.07, 6.45) is 0. The smallest absolute Gasteiger partial charge is 0.267 e. The molecule has 1 amide bonds. The van der Waals surface area contributed by atoms with Crippen molar-refractivity contribution in [3.8, 4) is 0 Å². The fourth-order valence-corrected chi connectivity index (χ4v) is 4.45. The maximum absolute atomic E-state index is 14.3. The Morgan fingerprint density at radius 1 is 0.848 bits per heavy atom. The van der Waals surface area contributed by atoms with Crippen LogP contribution in [-0.4, -0.2) is 18.6 Å². The lowest BCUT2D eigenvalue weighted by Gasteiger charge is -2.23. The van der Waals surface area contributed by atoms with Crippen LogP contribution in [0.1, 0.15) is 21.5 Å². The van der Waals surface area contributed by atoms with Crippen LogP contribution in [0.15, 0.2) is 70.8 Å². The highest BCUT2D eigenvalue weighted by atomic mass is 32.2. The summed E-state index contributed by atoms with van der Waals surface area (Å²) in [5.41, 5.74) is 2.57. The molecule has 1 N–H and O–H groups in total. The molecular formula is C21H15F4N3O4S. The zero-order valence-electron chi connectivity index (χ0n) is 16.6. The van der Waals surface area contributed by atoms with Crippen LogP contribution in [0.2, 0.25) is 0 Å². The van der Waals surface area contributed by atoms with Gasteiger partial charge in [0.1, 0.15) is 4.90 Å². The number of amides is 1. The van der Waals surface area contributed by atoms with E-state index in [0.29, 0.717) is 11.1 Å². The zero-order chi connectivity index (χ0) is 24.2. The maximum atomic E-state index is 14.3. The van der Waals surface area contributed by atoms with Crippen molar-refractivity contribution in [1.82, 2.24) is 9.73 Å². The first kappa shape index (κ1) is 24.0. The first-order chi connectivity index (χ1) is 15.6. The summed E-state index contributed by atoms with van der Waals surface area (Å²) in [6, 6.07) is 13.5. The van der Waals surface area contributed by atoms with Gasteiger partial charge in [0.05, 0.1) is 5.29 Å². The highest BCUT2D eigenvalue weighted by Crippen LogP contribution is 2.27. The van der Waals surface area contributed by atoms with Gasteiger partial charge in [0.15, 0.2) is 23.3 Å². The van der Waals surface area contributed by atoms with Crippen LogP contribution < -0.4 is 5.43 Å². The Balaban J connectivity index is 2.02. The lowest BCUT2D eigenvalue weighted by atomic mass is 10.1. The van der Waals surface area contributed by atoms with Gasteiger partial charge in [0.25, 0.3) is 5.91 Å². The maximum Gasteiger partial charge on any atom is 0.273 e. The molecular weight excluding hydrogens is 466 g/mol. The largest absolute Gasteiger partial charge is 0.273 e. The third-order valence-electron chi connectivity index (χ3n) is 4.61. The molecule has 3 rings (SSSR count). The average Bonchev–Trinajstić information content (AvgIpc) is 2.80. The number of nitroso groups, excluding NO2 is 1. The van der Waals surface area contributed by atoms with Gasteiger partial charge in [-0.15, -0.1) is 4.91 Å². The molecule has 0 aliphatic rings. The second kappa shape index (κ2) is 9.88. The molecule has 33 heavy (non-hydrogen) atoms. The minimum Gasteiger partial charge on any atom is -0.267 e. The van der Waals surface area contributed by atoms with Gasteiger partial charge in [0, 0.05) is 24.7 Å². The molecule has 0 bridgehead atoms. The van der Waals surface area contributed by atoms with E-state index in [-0.39, 0.29) is 24.7 Å². The van der Waals surface area contributed by atoms with Gasteiger partial charge in [0.2, 0.25) is 10.0 Å². The minimum absolute atomic E-state index is 0.0598. The van der Waals surface area contributed by atoms with E-state index in [1.54, 1.807) is 35.8 Å². The fraction of sp³-hybridized carbons (Fsp3) is 0.0952. The highest BCUT2D eigenvalue weighted by Gasteiger charge is 2.32. The normalized spacial score (nSPS) is 11.4. The van der Waals surface area contributed by atoms with Gasteiger partial charge in [-0.25, -0.2) is 31.4 Å². The minimum atomic E-state index is -4.85. The van der Waals surface area contributed by atoms with Crippen molar-refractivity contribution < 1.29 is 30.8 Å². The molecule has 7 nitrogen and oxygen atoms in total. The molecule has 0 fully saturated rings. The van der Waals surface area contributed by atoms with Crippen LogP contribution >= 0.6 is 0 Å². The van der Waals surface area contributed by atoms with Crippen LogP contribution in [0.25, 0.3) is 0 Å². The summed E-state index contributed by atoms with van der Waals surface area (Å²) >= 11 is 0. The second-order valence-corrected chi connectivity index (χ2v) is 8.69. The van der Waals surface area contributed by atoms with E-state index in [1.807, 2.05) is 0 Å². The summed E-state index contributed by atoms with van der Waals surface area (Å²) in [5.74, 6) is -9.05. The molecule has 0 aliphatic carbocycles. The van der Waals surface area contributed by atoms with Crippen LogP contribution in [-0.2, 0) is 23.1 Å². The number of rotatable bonds is 8. The lowest BCUT2D eigenvalue weighted by molar-refractivity contribution is 0.0954. The summed E-state index contributed by atoms with van der Waals surface area (Å²) < 4.78 is 82.2. The Morgan fingerprint density at radius 3 is 2.00 bits per heavy atom. The van der Waals surface area contributed by atoms with Crippen LogP contribution in [0.3, 0.4) is 0 Å². The first-order valence-electron chi connectivity index (χ1n) is 9.24. The summed E-state index contributed by atoms with van der Waals surface area (Å²) in [6.45, 7) is -0.689. The molecule has 0 spiro atoms. The van der Waals surface area contributed by atoms with Crippen molar-refractivity contribution >= 4 is 15.9 Å². The van der Waals surface area contributed by atoms with Gasteiger partial charge in [-0.2, -0.15) is 4.31 Å². The van der Waals surface area contributed by atoms with E-state index >= 15 is 0 Å². The zero-order valence-corrected chi connectivity index (χ0v) is 17.5. The Bertz CT molecular complexity index is 1290. The van der Waals surface area contributed by atoms with Crippen LogP contribution in [0, 0.1) is 28.2 Å². The van der Waals surface area contributed by atoms with E-state index in [9.17, 15) is 35.7 Å². The quantitative estimate of drug-likeness (QED) is 0.173. The average molecular weight is 481 g/mol. The summed E-state index contributed by atoms with van der Waals surface area (Å²) in [4.78, 5) is 20.4. The van der Waals surface area contributed by atoms with E-state index < -0.39 is 44.1 Å². The molecule has 0 unspecified atom stereocenters. The van der Waals surface area contributed by atoms with Crippen LogP contribution in [0.4, 0.5) is 17.6 Å². The van der Waals surface area contributed by atoms with E-state index in [0.717, 1.165) is 4.31 Å². The van der Waals surface area contributed by atoms with Gasteiger partial charge < -0.3 is 0 Å². The number of benzene rings is 3. The SMILES string of the molecule is O=NNC(=O)c1ccc(CN(Cc2ccccc2)S(=O)(=O)c2cc(F)c(F)c(F)c2F)cc1. The fourth-order valence-electron chi connectivity index (χ4n) is 2.96. The highest BCUT2D eigenvalue weighted by molar-refractivity contribution is 7.89. The first-order valence-corrected chi connectivity index (χ1v) is 10.7. The van der Waals surface area contributed by atoms with Gasteiger partial charge in [-0.05, 0) is 23.3 Å². The van der Waals surface area contributed by atoms with Crippen LogP contribution in [0.5, 0.6) is 0 Å². The number of sulfonamides is 1. The van der Waals surface area contributed by atoms with Crippen molar-refractivity contribution in [2.45, 2.75) is 18.0 Å². The van der Waals surface area contributed by atoms with E-state index in [4.69, 9.17) is 0 Å². The third kappa shape index (κ3) is 5.23. The molecule has 0 saturated carbocycles. The predicted molar refractivity (Wildman–Crippen MR) is 109 cm³/mol. The molecule has 0 heterocycles. The van der Waals surface area contributed by atoms with Crippen molar-refractivity contribution in [3.63, 3.8) is 0 Å². The number of nitrogens with zero attached hydrogens (tertiary/aromatic N) is 2. The van der Waals surface area contributed by atoms with Gasteiger partial charge in [-0.1, -0.05) is 42.5 Å². The number of halogens is 4. The molecule has 3 aromatic rings. The number of hydrogen-bond acceptors (Lipinski definition) is 5. The molecule has 3 aromatic carbocycles. The number of nitrogens with one attached hydrogen (secondary N) is 1. The predicted octanol–water partition coefficient (Wildman–Crippen LogP) is 4.05. The monoisotopic (exact) mass is 481 g/mol. The summed E-state index contributed by atoms with van der Waals surface area (Å²) in [5, 5.41) is 2.26. The number of carbonyl (C=O) groups is 1. The Kier molecular flexibility index (Phi) is 7.19. The Labute approximate surface area is 185 Å². The molecule has 0 aliphatic heterocycles. The molecule has 172 valence electrons. The standard InChI is InChI=1S/C21H15F4N3O4S/c22-16-10-17(19(24)20(25)18(16)23)33(31,32)28(11-13-4-2-1-3-5-13)12-14-6-8-15(9-7-14)21(29)26-27-30/h1-10H,11-12H2,(H,26,29,30). The Morgan fingerprint density at radius 2 is 1.42 bits per heavy atom. The van der Waals surface area contributed by atoms with Crippen molar-refractivity contribution in [2.24, 2.45) is 5.29 Å². The lowest BCUT2D eigenvalue weighted by Crippen LogP contribution is -2.31. The molecule has 0 radical (unpaired) electrons. The Hall–Kier alpha value is -3.64. The molecule has 0 aromatic heterocycles. The van der Waals surface area contributed by atoms with E-state index in [2.05, 4.69) is 5.29 Å². The van der Waals surface area contributed by atoms with Gasteiger partial charge >= 0.3 is 0 Å². The van der Waals surface area contributed by atoms with Crippen molar-refractivity contribution in [3.05, 3.63) is 106 Å². The van der Waals surface area contributed by atoms with E-state index in [1.165, 1.54) is 24.3 Å². The van der Waals surface area contributed by atoms with Gasteiger partial charge in [-0.3, -0.25) is 4.79 Å². The van der Waals surface area contributed by atoms with Crippen molar-refractivity contribution in [1.29, 1.82) is 0 Å². The number of hydrogen-bond donors (Lipinski definition) is 1. The second-order valence-electron chi connectivity index (χ2n) is 6.79. The summed E-state index contributed by atoms with van der Waals surface area (Å²) in [7, 11) is -4.85. The number of carbonyl (C=O) groups excluding carboxylic acids is 1. The van der Waals surface area contributed by atoms with Crippen molar-refractivity contribution in [2.75, 3.05) is 0 Å². The molecule has 0 atom stereocenters. The molecule has 12 heteroatoms. The third-order valence-corrected chi connectivity index (χ3v) is 6.40.